The van der Waals surface area contributed by atoms with E-state index in [4.69, 9.17) is 5.11 Å². The molecule has 1 N–H and O–H groups in total. The fourth-order valence-electron chi connectivity index (χ4n) is 0. The molecule has 0 unspecified atom stereocenters. The molecule has 3 heteroatoms. The fourth-order valence-corrected chi connectivity index (χ4v) is 0. The smallest absolute Gasteiger partial charge is 0.0319 e. The maximum absolute atomic E-state index is 7.00. The molecule has 0 bridgehead atoms. The van der Waals surface area contributed by atoms with E-state index in [9.17, 15) is 0 Å². The number of rotatable bonds is 0. The standard InChI is InChI=1S/CH4O.Cu.Zn/c1-2;;/h2H,1H3;;. The summed E-state index contributed by atoms with van der Waals surface area (Å²) in [5, 5.41) is 7.00. The van der Waals surface area contributed by atoms with Gasteiger partial charge in [0.15, 0.2) is 0 Å². The van der Waals surface area contributed by atoms with Crippen LogP contribution in [-0.4, -0.2) is 12.2 Å². The summed E-state index contributed by atoms with van der Waals surface area (Å²) >= 11 is 0. The predicted octanol–water partition coefficient (Wildman–Crippen LogP) is -0.397. The third kappa shape index (κ3) is 11.3. The van der Waals surface area contributed by atoms with Gasteiger partial charge in [0.05, 0.1) is 0 Å². The van der Waals surface area contributed by atoms with Gasteiger partial charge in [-0.25, -0.2) is 0 Å². The zero-order valence-corrected chi connectivity index (χ0v) is 6.36. The van der Waals surface area contributed by atoms with Crippen molar-refractivity contribution in [2.75, 3.05) is 7.11 Å². The Kier molecular flexibility index (Phi) is 158. The van der Waals surface area contributed by atoms with E-state index < -0.39 is 0 Å². The van der Waals surface area contributed by atoms with Gasteiger partial charge < -0.3 is 5.11 Å². The number of aliphatic hydroxyl groups is 1. The van der Waals surface area contributed by atoms with E-state index in [2.05, 4.69) is 0 Å². The average Bonchev–Trinajstić information content (AvgIpc) is 1.00. The van der Waals surface area contributed by atoms with Crippen LogP contribution >= 0.6 is 0 Å². The normalized spacial score (nSPS) is 1.50. The second-order valence-electron chi connectivity index (χ2n) is 0. The summed E-state index contributed by atoms with van der Waals surface area (Å²) in [6.45, 7) is 0. The Bertz CT molecular complexity index is 8.00. The van der Waals surface area contributed by atoms with E-state index >= 15 is 0 Å². The Morgan fingerprint density at radius 3 is 1.25 bits per heavy atom. The molecular formula is CH4CuOZn. The molecule has 0 atom stereocenters. The van der Waals surface area contributed by atoms with Gasteiger partial charge in [-0.2, -0.15) is 0 Å². The van der Waals surface area contributed by atoms with E-state index in [0.29, 0.717) is 0 Å². The van der Waals surface area contributed by atoms with Crippen LogP contribution in [-0.2, 0) is 36.5 Å². The van der Waals surface area contributed by atoms with Crippen molar-refractivity contribution in [1.29, 1.82) is 0 Å². The van der Waals surface area contributed by atoms with Crippen molar-refractivity contribution in [1.82, 2.24) is 0 Å². The van der Waals surface area contributed by atoms with Gasteiger partial charge in [-0.05, 0) is 0 Å². The molecule has 0 spiro atoms. The van der Waals surface area contributed by atoms with Crippen molar-refractivity contribution in [2.24, 2.45) is 0 Å². The van der Waals surface area contributed by atoms with Crippen molar-refractivity contribution < 1.29 is 41.7 Å². The first-order valence-corrected chi connectivity index (χ1v) is 0.447. The Labute approximate surface area is 49.0 Å². The monoisotopic (exact) mass is 159 g/mol. The predicted molar refractivity (Wildman–Crippen MR) is 8.14 cm³/mol. The first-order chi connectivity index (χ1) is 1.00. The molecule has 0 aromatic carbocycles. The minimum atomic E-state index is 0. The Balaban J connectivity index is -0.00000000500. The van der Waals surface area contributed by atoms with Crippen LogP contribution in [0.3, 0.4) is 0 Å². The van der Waals surface area contributed by atoms with Crippen molar-refractivity contribution in [3.8, 4) is 0 Å². The maximum atomic E-state index is 7.00. The van der Waals surface area contributed by atoms with Gasteiger partial charge in [-0.15, -0.1) is 0 Å². The number of aliphatic hydroxyl groups excluding tert-OH is 1. The van der Waals surface area contributed by atoms with Gasteiger partial charge in [-0.3, -0.25) is 0 Å². The van der Waals surface area contributed by atoms with Crippen LogP contribution in [0.2, 0.25) is 0 Å². The third-order valence-electron chi connectivity index (χ3n) is 0. The van der Waals surface area contributed by atoms with E-state index in [0.717, 1.165) is 7.11 Å². The van der Waals surface area contributed by atoms with E-state index in [1.54, 1.807) is 0 Å². The Morgan fingerprint density at radius 1 is 1.25 bits per heavy atom. The third-order valence-corrected chi connectivity index (χ3v) is 0. The quantitative estimate of drug-likeness (QED) is 0.479. The number of hydrogen-bond acceptors (Lipinski definition) is 1. The Morgan fingerprint density at radius 2 is 1.25 bits per heavy atom. The van der Waals surface area contributed by atoms with Crippen LogP contribution in [0.25, 0.3) is 0 Å². The molecule has 0 aliphatic carbocycles. The summed E-state index contributed by atoms with van der Waals surface area (Å²) in [6.07, 6.45) is 0. The molecule has 0 aromatic rings. The summed E-state index contributed by atoms with van der Waals surface area (Å²) in [5.41, 5.74) is 0. The van der Waals surface area contributed by atoms with Crippen LogP contribution in [0.15, 0.2) is 0 Å². The van der Waals surface area contributed by atoms with Gasteiger partial charge in [0.1, 0.15) is 0 Å². The van der Waals surface area contributed by atoms with Gasteiger partial charge in [0.25, 0.3) is 0 Å². The molecule has 1 radical (unpaired) electrons. The van der Waals surface area contributed by atoms with Crippen molar-refractivity contribution >= 4 is 0 Å². The van der Waals surface area contributed by atoms with Crippen LogP contribution in [0, 0.1) is 0 Å². The van der Waals surface area contributed by atoms with Gasteiger partial charge in [0, 0.05) is 43.7 Å². The molecule has 0 amide bonds. The average molecular weight is 161 g/mol. The largest absolute Gasteiger partial charge is 0.400 e. The van der Waals surface area contributed by atoms with Gasteiger partial charge >= 0.3 is 0 Å². The van der Waals surface area contributed by atoms with Crippen molar-refractivity contribution in [3.05, 3.63) is 0 Å². The molecule has 0 heterocycles. The van der Waals surface area contributed by atoms with Gasteiger partial charge in [-0.1, -0.05) is 0 Å². The van der Waals surface area contributed by atoms with E-state index in [1.807, 2.05) is 0 Å². The van der Waals surface area contributed by atoms with Crippen LogP contribution < -0.4 is 0 Å². The fraction of sp³-hybridized carbons (Fsp3) is 1.00. The molecular weight excluding hydrogens is 157 g/mol. The van der Waals surface area contributed by atoms with Gasteiger partial charge in [0.2, 0.25) is 0 Å². The summed E-state index contributed by atoms with van der Waals surface area (Å²) in [6, 6.07) is 0. The SMILES string of the molecule is CO.[Cu].[Zn]. The maximum Gasteiger partial charge on any atom is 0.0319 e. The van der Waals surface area contributed by atoms with Crippen molar-refractivity contribution in [3.63, 3.8) is 0 Å². The summed E-state index contributed by atoms with van der Waals surface area (Å²) in [4.78, 5) is 0. The molecule has 0 rings (SSSR count). The summed E-state index contributed by atoms with van der Waals surface area (Å²) < 4.78 is 0. The van der Waals surface area contributed by atoms with Crippen LogP contribution in [0.1, 0.15) is 0 Å². The molecule has 1 nitrogen and oxygen atoms in total. The molecule has 0 aromatic heterocycles. The molecule has 0 saturated heterocycles. The number of hydrogen-bond donors (Lipinski definition) is 1. The molecule has 0 aliphatic rings. The first kappa shape index (κ1) is 19.4. The van der Waals surface area contributed by atoms with Crippen molar-refractivity contribution in [2.45, 2.75) is 0 Å². The second-order valence-corrected chi connectivity index (χ2v) is 0. The molecule has 27 valence electrons. The minimum Gasteiger partial charge on any atom is -0.400 e. The van der Waals surface area contributed by atoms with Crippen LogP contribution in [0.5, 0.6) is 0 Å². The van der Waals surface area contributed by atoms with E-state index in [1.165, 1.54) is 0 Å². The van der Waals surface area contributed by atoms with E-state index in [-0.39, 0.29) is 36.5 Å². The second kappa shape index (κ2) is 32.5. The zero-order valence-electron chi connectivity index (χ0n) is 2.46. The molecule has 0 fully saturated rings. The van der Waals surface area contributed by atoms with Crippen LogP contribution in [0.4, 0.5) is 0 Å². The molecule has 0 aliphatic heterocycles. The first-order valence-electron chi connectivity index (χ1n) is 0.447. The Hall–Kier alpha value is 1.10. The summed E-state index contributed by atoms with van der Waals surface area (Å²) in [5.74, 6) is 0. The minimum absolute atomic E-state index is 0. The molecule has 4 heavy (non-hydrogen) atoms. The molecule has 0 saturated carbocycles. The summed E-state index contributed by atoms with van der Waals surface area (Å²) in [7, 11) is 1.00. The topological polar surface area (TPSA) is 20.2 Å². The zero-order chi connectivity index (χ0) is 2.00.